The second kappa shape index (κ2) is 9.13. The van der Waals surface area contributed by atoms with E-state index >= 15 is 0 Å². The molecule has 3 aromatic rings. The van der Waals surface area contributed by atoms with Gasteiger partial charge in [0.15, 0.2) is 11.9 Å². The number of aromatic nitrogens is 2. The number of benzene rings is 1. The van der Waals surface area contributed by atoms with Crippen LogP contribution in [0.25, 0.3) is 10.6 Å². The fourth-order valence-corrected chi connectivity index (χ4v) is 4.06. The van der Waals surface area contributed by atoms with Gasteiger partial charge in [-0.2, -0.15) is 0 Å². The van der Waals surface area contributed by atoms with Gasteiger partial charge in [-0.15, -0.1) is 21.5 Å². The summed E-state index contributed by atoms with van der Waals surface area (Å²) in [5.74, 6) is 2.23. The third kappa shape index (κ3) is 4.54. The summed E-state index contributed by atoms with van der Waals surface area (Å²) >= 11 is 1.65. The summed E-state index contributed by atoms with van der Waals surface area (Å²) in [6, 6.07) is 15.3. The van der Waals surface area contributed by atoms with Crippen LogP contribution in [0.5, 0.6) is 11.5 Å². The van der Waals surface area contributed by atoms with Crippen LogP contribution in [0.4, 0.5) is 5.82 Å². The number of carbonyl (C=O) groups is 1. The first-order valence-corrected chi connectivity index (χ1v) is 10.7. The van der Waals surface area contributed by atoms with Crippen LogP contribution in [0.15, 0.2) is 53.9 Å². The van der Waals surface area contributed by atoms with Crippen molar-refractivity contribution in [3.05, 3.63) is 53.9 Å². The number of nitrogens with zero attached hydrogens (tertiary/aromatic N) is 4. The highest BCUT2D eigenvalue weighted by molar-refractivity contribution is 7.13. The molecule has 7 nitrogen and oxygen atoms in total. The fraction of sp³-hybridized carbons (Fsp3) is 0.318. The van der Waals surface area contributed by atoms with E-state index in [9.17, 15) is 4.79 Å². The number of amides is 1. The van der Waals surface area contributed by atoms with Gasteiger partial charge in [-0.1, -0.05) is 6.07 Å². The molecule has 2 aromatic heterocycles. The molecule has 0 bridgehead atoms. The Morgan fingerprint density at radius 2 is 1.73 bits per heavy atom. The third-order valence-electron chi connectivity index (χ3n) is 5.06. The zero-order valence-electron chi connectivity index (χ0n) is 17.0. The molecule has 0 aliphatic carbocycles. The Bertz CT molecular complexity index is 953. The smallest absolute Gasteiger partial charge is 0.263 e. The largest absolute Gasteiger partial charge is 0.497 e. The first-order valence-electron chi connectivity index (χ1n) is 9.86. The first kappa shape index (κ1) is 20.2. The highest BCUT2D eigenvalue weighted by atomic mass is 32.1. The highest BCUT2D eigenvalue weighted by Crippen LogP contribution is 2.24. The molecule has 156 valence electrons. The molecule has 0 radical (unpaired) electrons. The molecule has 1 fully saturated rings. The molecule has 1 aliphatic rings. The van der Waals surface area contributed by atoms with Gasteiger partial charge in [0.05, 0.1) is 12.0 Å². The summed E-state index contributed by atoms with van der Waals surface area (Å²) < 4.78 is 11.0. The van der Waals surface area contributed by atoms with E-state index in [2.05, 4.69) is 15.1 Å². The second-order valence-electron chi connectivity index (χ2n) is 7.00. The molecule has 1 saturated heterocycles. The van der Waals surface area contributed by atoms with Gasteiger partial charge in [0, 0.05) is 26.2 Å². The number of hydrogen-bond donors (Lipinski definition) is 0. The van der Waals surface area contributed by atoms with E-state index < -0.39 is 6.10 Å². The Hall–Kier alpha value is -3.13. The fourth-order valence-electron chi connectivity index (χ4n) is 3.37. The molecule has 8 heteroatoms. The number of carbonyl (C=O) groups excluding carboxylic acids is 1. The van der Waals surface area contributed by atoms with E-state index in [4.69, 9.17) is 9.47 Å². The summed E-state index contributed by atoms with van der Waals surface area (Å²) in [7, 11) is 1.62. The van der Waals surface area contributed by atoms with Crippen molar-refractivity contribution < 1.29 is 14.3 Å². The van der Waals surface area contributed by atoms with Gasteiger partial charge < -0.3 is 19.3 Å². The lowest BCUT2D eigenvalue weighted by molar-refractivity contribution is -0.138. The summed E-state index contributed by atoms with van der Waals surface area (Å²) in [4.78, 5) is 17.9. The van der Waals surface area contributed by atoms with Crippen molar-refractivity contribution in [2.45, 2.75) is 13.0 Å². The number of hydrogen-bond acceptors (Lipinski definition) is 7. The predicted molar refractivity (Wildman–Crippen MR) is 117 cm³/mol. The average molecular weight is 425 g/mol. The molecule has 4 rings (SSSR count). The normalized spacial score (nSPS) is 15.0. The van der Waals surface area contributed by atoms with E-state index in [0.717, 1.165) is 22.1 Å². The van der Waals surface area contributed by atoms with Crippen LogP contribution in [-0.4, -0.2) is 60.4 Å². The zero-order chi connectivity index (χ0) is 20.9. The monoisotopic (exact) mass is 424 g/mol. The summed E-state index contributed by atoms with van der Waals surface area (Å²) in [5.41, 5.74) is 0.882. The van der Waals surface area contributed by atoms with Crippen LogP contribution in [0.1, 0.15) is 6.92 Å². The molecule has 30 heavy (non-hydrogen) atoms. The Kier molecular flexibility index (Phi) is 6.13. The molecular weight excluding hydrogens is 400 g/mol. The molecule has 1 unspecified atom stereocenters. The molecule has 1 aliphatic heterocycles. The minimum Gasteiger partial charge on any atom is -0.497 e. The van der Waals surface area contributed by atoms with Crippen LogP contribution < -0.4 is 14.4 Å². The summed E-state index contributed by atoms with van der Waals surface area (Å²) in [5, 5.41) is 10.8. The lowest BCUT2D eigenvalue weighted by Gasteiger charge is -2.36. The Morgan fingerprint density at radius 3 is 2.33 bits per heavy atom. The molecule has 0 spiro atoms. The second-order valence-corrected chi connectivity index (χ2v) is 7.95. The van der Waals surface area contributed by atoms with E-state index in [0.29, 0.717) is 31.9 Å². The van der Waals surface area contributed by atoms with Gasteiger partial charge in [0.1, 0.15) is 17.2 Å². The molecule has 0 N–H and O–H groups in total. The number of ether oxygens (including phenoxy) is 2. The van der Waals surface area contributed by atoms with Crippen molar-refractivity contribution in [3.8, 4) is 22.1 Å². The van der Waals surface area contributed by atoms with Gasteiger partial charge in [0.25, 0.3) is 5.91 Å². The lowest BCUT2D eigenvalue weighted by atomic mass is 10.2. The predicted octanol–water partition coefficient (Wildman–Crippen LogP) is 3.33. The van der Waals surface area contributed by atoms with Crippen LogP contribution >= 0.6 is 11.3 Å². The van der Waals surface area contributed by atoms with Crippen molar-refractivity contribution in [1.29, 1.82) is 0 Å². The van der Waals surface area contributed by atoms with E-state index in [1.54, 1.807) is 37.5 Å². The number of methoxy groups -OCH3 is 1. The maximum Gasteiger partial charge on any atom is 0.263 e. The molecule has 1 amide bonds. The average Bonchev–Trinajstić information content (AvgIpc) is 3.34. The van der Waals surface area contributed by atoms with Crippen molar-refractivity contribution in [2.75, 3.05) is 38.2 Å². The van der Waals surface area contributed by atoms with Crippen LogP contribution in [0.2, 0.25) is 0 Å². The van der Waals surface area contributed by atoms with Crippen LogP contribution in [0.3, 0.4) is 0 Å². The first-order chi connectivity index (χ1) is 14.6. The van der Waals surface area contributed by atoms with Gasteiger partial charge in [0.2, 0.25) is 0 Å². The van der Waals surface area contributed by atoms with E-state index in [-0.39, 0.29) is 5.91 Å². The number of piperazine rings is 1. The Morgan fingerprint density at radius 1 is 1.00 bits per heavy atom. The number of anilines is 1. The van der Waals surface area contributed by atoms with Crippen LogP contribution in [0, 0.1) is 0 Å². The lowest BCUT2D eigenvalue weighted by Crippen LogP contribution is -2.52. The zero-order valence-corrected chi connectivity index (χ0v) is 17.8. The third-order valence-corrected chi connectivity index (χ3v) is 5.95. The molecule has 0 saturated carbocycles. The summed E-state index contributed by atoms with van der Waals surface area (Å²) in [6.45, 7) is 4.47. The van der Waals surface area contributed by atoms with Crippen molar-refractivity contribution in [2.24, 2.45) is 0 Å². The maximum absolute atomic E-state index is 12.8. The van der Waals surface area contributed by atoms with Gasteiger partial charge in [-0.25, -0.2) is 0 Å². The number of rotatable bonds is 6. The topological polar surface area (TPSA) is 67.8 Å². The van der Waals surface area contributed by atoms with E-state index in [1.165, 1.54) is 0 Å². The maximum atomic E-state index is 12.8. The van der Waals surface area contributed by atoms with Gasteiger partial charge in [-0.05, 0) is 54.8 Å². The SMILES string of the molecule is COc1ccc(OC(C)C(=O)N2CCN(c3ccc(-c4cccs4)nn3)CC2)cc1. The molecule has 1 aromatic carbocycles. The van der Waals surface area contributed by atoms with Gasteiger partial charge in [-0.3, -0.25) is 4.79 Å². The Balaban J connectivity index is 1.30. The van der Waals surface area contributed by atoms with Crippen molar-refractivity contribution in [1.82, 2.24) is 15.1 Å². The molecule has 3 heterocycles. The number of thiophene rings is 1. The molecular formula is C22H24N4O3S. The van der Waals surface area contributed by atoms with Crippen molar-refractivity contribution >= 4 is 23.1 Å². The highest BCUT2D eigenvalue weighted by Gasteiger charge is 2.26. The van der Waals surface area contributed by atoms with Gasteiger partial charge >= 0.3 is 0 Å². The van der Waals surface area contributed by atoms with Crippen LogP contribution in [-0.2, 0) is 4.79 Å². The minimum atomic E-state index is -0.546. The standard InChI is InChI=1S/C22H24N4O3S/c1-16(29-18-7-5-17(28-2)6-8-18)22(27)26-13-11-25(12-14-26)21-10-9-19(23-24-21)20-4-3-15-30-20/h3-10,15-16H,11-14H2,1-2H3. The Labute approximate surface area is 179 Å². The van der Waals surface area contributed by atoms with E-state index in [1.807, 2.05) is 46.7 Å². The van der Waals surface area contributed by atoms with Crippen molar-refractivity contribution in [3.63, 3.8) is 0 Å². The summed E-state index contributed by atoms with van der Waals surface area (Å²) in [6.07, 6.45) is -0.546. The quantitative estimate of drug-likeness (QED) is 0.605. The minimum absolute atomic E-state index is 0.00963. The molecule has 1 atom stereocenters.